The van der Waals surface area contributed by atoms with Gasteiger partial charge in [0.15, 0.2) is 0 Å². The van der Waals surface area contributed by atoms with Crippen molar-refractivity contribution in [3.05, 3.63) is 34.9 Å². The fourth-order valence-corrected chi connectivity index (χ4v) is 2.54. The van der Waals surface area contributed by atoms with E-state index in [1.54, 1.807) is 18.2 Å². The maximum absolute atomic E-state index is 13.0. The molecule has 0 N–H and O–H groups in total. The molecular formula is C14H15ClF2O. The number of carbonyl (C=O) groups is 1. The average Bonchev–Trinajstić information content (AvgIpc) is 2.32. The molecule has 0 spiro atoms. The number of rotatable bonds is 3. The lowest BCUT2D eigenvalue weighted by molar-refractivity contribution is -0.126. The Morgan fingerprint density at radius 1 is 1.28 bits per heavy atom. The van der Waals surface area contributed by atoms with Gasteiger partial charge < -0.3 is 0 Å². The fourth-order valence-electron chi connectivity index (χ4n) is 2.34. The van der Waals surface area contributed by atoms with Crippen LogP contribution >= 0.6 is 11.6 Å². The number of hydrogen-bond donors (Lipinski definition) is 0. The molecule has 1 aromatic carbocycles. The lowest BCUT2D eigenvalue weighted by atomic mass is 9.82. The molecule has 0 atom stereocenters. The van der Waals surface area contributed by atoms with Crippen LogP contribution in [0.5, 0.6) is 0 Å². The average molecular weight is 273 g/mol. The van der Waals surface area contributed by atoms with Gasteiger partial charge in [-0.2, -0.15) is 0 Å². The van der Waals surface area contributed by atoms with Crippen LogP contribution in [0.1, 0.15) is 31.2 Å². The zero-order chi connectivity index (χ0) is 13.2. The van der Waals surface area contributed by atoms with Crippen molar-refractivity contribution in [3.8, 4) is 0 Å². The molecule has 0 aromatic heterocycles. The van der Waals surface area contributed by atoms with E-state index in [1.807, 2.05) is 6.07 Å². The fraction of sp³-hybridized carbons (Fsp3) is 0.500. The van der Waals surface area contributed by atoms with E-state index in [4.69, 9.17) is 11.6 Å². The highest BCUT2D eigenvalue weighted by molar-refractivity contribution is 6.31. The van der Waals surface area contributed by atoms with E-state index in [9.17, 15) is 13.6 Å². The van der Waals surface area contributed by atoms with Gasteiger partial charge in [-0.05, 0) is 24.5 Å². The molecule has 1 aliphatic carbocycles. The molecule has 18 heavy (non-hydrogen) atoms. The topological polar surface area (TPSA) is 17.1 Å². The van der Waals surface area contributed by atoms with Crippen molar-refractivity contribution in [2.75, 3.05) is 0 Å². The summed E-state index contributed by atoms with van der Waals surface area (Å²) in [6, 6.07) is 7.16. The van der Waals surface area contributed by atoms with Gasteiger partial charge in [-0.15, -0.1) is 0 Å². The van der Waals surface area contributed by atoms with Crippen LogP contribution < -0.4 is 0 Å². The van der Waals surface area contributed by atoms with Crippen LogP contribution in [0.2, 0.25) is 5.02 Å². The number of hydrogen-bond acceptors (Lipinski definition) is 1. The molecule has 0 heterocycles. The largest absolute Gasteiger partial charge is 0.299 e. The van der Waals surface area contributed by atoms with E-state index in [0.29, 0.717) is 5.02 Å². The number of Topliss-reactive ketones (excluding diaryl/α,β-unsaturated/α-hetero) is 1. The molecule has 1 aromatic rings. The summed E-state index contributed by atoms with van der Waals surface area (Å²) in [4.78, 5) is 12.0. The minimum absolute atomic E-state index is 0.0265. The van der Waals surface area contributed by atoms with E-state index in [-0.39, 0.29) is 43.8 Å². The van der Waals surface area contributed by atoms with Crippen molar-refractivity contribution < 1.29 is 13.6 Å². The third-order valence-corrected chi connectivity index (χ3v) is 3.86. The van der Waals surface area contributed by atoms with Crippen LogP contribution in [-0.2, 0) is 11.2 Å². The van der Waals surface area contributed by atoms with Crippen molar-refractivity contribution >= 4 is 17.4 Å². The summed E-state index contributed by atoms with van der Waals surface area (Å²) in [6.45, 7) is 0. The number of benzene rings is 1. The number of alkyl halides is 2. The van der Waals surface area contributed by atoms with Crippen molar-refractivity contribution in [2.45, 2.75) is 38.0 Å². The molecule has 0 amide bonds. The molecule has 4 heteroatoms. The van der Waals surface area contributed by atoms with Gasteiger partial charge in [0, 0.05) is 30.2 Å². The second-order valence-corrected chi connectivity index (χ2v) is 5.27. The quantitative estimate of drug-likeness (QED) is 0.803. The van der Waals surface area contributed by atoms with Gasteiger partial charge in [0.05, 0.1) is 0 Å². The number of carbonyl (C=O) groups excluding carboxylic acids is 1. The minimum Gasteiger partial charge on any atom is -0.299 e. The van der Waals surface area contributed by atoms with Crippen LogP contribution in [0.15, 0.2) is 24.3 Å². The van der Waals surface area contributed by atoms with Crippen LogP contribution in [0.4, 0.5) is 8.78 Å². The molecule has 0 radical (unpaired) electrons. The Morgan fingerprint density at radius 3 is 2.50 bits per heavy atom. The van der Waals surface area contributed by atoms with Gasteiger partial charge in [-0.1, -0.05) is 29.8 Å². The predicted molar refractivity (Wildman–Crippen MR) is 67.1 cm³/mol. The molecule has 1 aliphatic rings. The highest BCUT2D eigenvalue weighted by atomic mass is 35.5. The summed E-state index contributed by atoms with van der Waals surface area (Å²) < 4.78 is 26.0. The molecule has 1 fully saturated rings. The first-order chi connectivity index (χ1) is 8.48. The van der Waals surface area contributed by atoms with Gasteiger partial charge in [0.25, 0.3) is 0 Å². The number of ketones is 1. The van der Waals surface area contributed by atoms with E-state index in [1.165, 1.54) is 0 Å². The Bertz CT molecular complexity index is 435. The zero-order valence-electron chi connectivity index (χ0n) is 9.96. The Balaban J connectivity index is 1.95. The molecule has 1 saturated carbocycles. The minimum atomic E-state index is -2.58. The summed E-state index contributed by atoms with van der Waals surface area (Å²) in [7, 11) is 0. The Labute approximate surface area is 110 Å². The summed E-state index contributed by atoms with van der Waals surface area (Å²) in [5.41, 5.74) is 0.779. The van der Waals surface area contributed by atoms with Crippen molar-refractivity contribution in [1.82, 2.24) is 0 Å². The van der Waals surface area contributed by atoms with E-state index < -0.39 is 5.92 Å². The highest BCUT2D eigenvalue weighted by Gasteiger charge is 2.37. The van der Waals surface area contributed by atoms with Crippen LogP contribution in [-0.4, -0.2) is 11.7 Å². The lowest BCUT2D eigenvalue weighted by Gasteiger charge is -2.27. The first-order valence-corrected chi connectivity index (χ1v) is 6.50. The first kappa shape index (κ1) is 13.5. The molecule has 0 saturated heterocycles. The SMILES string of the molecule is O=C(Cc1ccccc1Cl)C1CCC(F)(F)CC1. The molecular weight excluding hydrogens is 258 g/mol. The Hall–Kier alpha value is -0.960. The number of halogens is 3. The first-order valence-electron chi connectivity index (χ1n) is 6.12. The second-order valence-electron chi connectivity index (χ2n) is 4.86. The highest BCUT2D eigenvalue weighted by Crippen LogP contribution is 2.37. The zero-order valence-corrected chi connectivity index (χ0v) is 10.7. The van der Waals surface area contributed by atoms with Gasteiger partial charge in [-0.25, -0.2) is 8.78 Å². The smallest absolute Gasteiger partial charge is 0.248 e. The predicted octanol–water partition coefficient (Wildman–Crippen LogP) is 4.28. The van der Waals surface area contributed by atoms with E-state index in [2.05, 4.69) is 0 Å². The van der Waals surface area contributed by atoms with Crippen LogP contribution in [0.3, 0.4) is 0 Å². The van der Waals surface area contributed by atoms with Gasteiger partial charge in [-0.3, -0.25) is 4.79 Å². The van der Waals surface area contributed by atoms with Crippen molar-refractivity contribution in [2.24, 2.45) is 5.92 Å². The van der Waals surface area contributed by atoms with E-state index >= 15 is 0 Å². The van der Waals surface area contributed by atoms with Crippen LogP contribution in [0.25, 0.3) is 0 Å². The van der Waals surface area contributed by atoms with Crippen molar-refractivity contribution in [1.29, 1.82) is 0 Å². The van der Waals surface area contributed by atoms with Crippen molar-refractivity contribution in [3.63, 3.8) is 0 Å². The van der Waals surface area contributed by atoms with Crippen LogP contribution in [0, 0.1) is 5.92 Å². The molecule has 0 bridgehead atoms. The van der Waals surface area contributed by atoms with Gasteiger partial charge >= 0.3 is 0 Å². The third-order valence-electron chi connectivity index (χ3n) is 3.49. The molecule has 2 rings (SSSR count). The second kappa shape index (κ2) is 5.35. The summed E-state index contributed by atoms with van der Waals surface area (Å²) in [5, 5.41) is 0.562. The summed E-state index contributed by atoms with van der Waals surface area (Å²) in [6.07, 6.45) is 0.473. The molecule has 0 aliphatic heterocycles. The third kappa shape index (κ3) is 3.29. The molecule has 1 nitrogen and oxygen atoms in total. The lowest BCUT2D eigenvalue weighted by Crippen LogP contribution is -2.29. The summed E-state index contributed by atoms with van der Waals surface area (Å²) in [5.74, 6) is -2.79. The Kier molecular flexibility index (Phi) is 4.00. The van der Waals surface area contributed by atoms with Gasteiger partial charge in [0.1, 0.15) is 5.78 Å². The van der Waals surface area contributed by atoms with Gasteiger partial charge in [0.2, 0.25) is 5.92 Å². The molecule has 98 valence electrons. The Morgan fingerprint density at radius 2 is 1.89 bits per heavy atom. The maximum atomic E-state index is 13.0. The van der Waals surface area contributed by atoms with E-state index in [0.717, 1.165) is 5.56 Å². The summed E-state index contributed by atoms with van der Waals surface area (Å²) >= 11 is 5.98. The maximum Gasteiger partial charge on any atom is 0.248 e. The standard InChI is InChI=1S/C14H15ClF2O/c15-12-4-2-1-3-11(12)9-13(18)10-5-7-14(16,17)8-6-10/h1-4,10H,5-9H2. The normalized spacial score (nSPS) is 19.7. The monoisotopic (exact) mass is 272 g/mol. The molecule has 0 unspecified atom stereocenters.